The summed E-state index contributed by atoms with van der Waals surface area (Å²) in [6, 6.07) is 16.1. The summed E-state index contributed by atoms with van der Waals surface area (Å²) in [5.74, 6) is -0.522. The molecule has 0 saturated heterocycles. The van der Waals surface area contributed by atoms with Gasteiger partial charge in [-0.25, -0.2) is 23.5 Å². The number of aromatic amines is 4. The lowest BCUT2D eigenvalue weighted by Crippen LogP contribution is -2.37. The van der Waals surface area contributed by atoms with Gasteiger partial charge >= 0.3 is 17.1 Å². The quantitative estimate of drug-likeness (QED) is 0.0333. The van der Waals surface area contributed by atoms with Crippen molar-refractivity contribution in [2.45, 2.75) is 97.6 Å². The predicted molar refractivity (Wildman–Crippen MR) is 325 cm³/mol. The van der Waals surface area contributed by atoms with Crippen molar-refractivity contribution < 1.29 is 23.8 Å². The van der Waals surface area contributed by atoms with Crippen LogP contribution in [-0.4, -0.2) is 97.5 Å². The number of carbonyl (C=O) groups excluding carboxylic acids is 2. The Morgan fingerprint density at radius 3 is 1.39 bits per heavy atom. The molecular weight excluding hydrogens is 1380 g/mol. The number of aromatic nitrogens is 6. The average molecular weight is 1450 g/mol. The summed E-state index contributed by atoms with van der Waals surface area (Å²) in [5.41, 5.74) is -2.05. The highest BCUT2D eigenvalue weighted by Gasteiger charge is 2.15. The second-order valence-corrected chi connectivity index (χ2v) is 40.2. The average Bonchev–Trinajstić information content (AvgIpc) is 3.28. The van der Waals surface area contributed by atoms with Crippen LogP contribution in [0, 0.1) is 10.7 Å². The van der Waals surface area contributed by atoms with Crippen LogP contribution in [0.3, 0.4) is 0 Å². The monoisotopic (exact) mass is 1450 g/mol. The smallest absolute Gasteiger partial charge is 0.335 e. The SMILES string of the molecule is CCOCC[Si](C)(C)C.CCOCC[Si](C)(C)C.C[Si](C)(C)CCOCn1c(=O)[nH]cc(I)c1=O.O=C(Cl)c1ccc(Cl)cc1.O=C(c1ccc(Cl)cc1)n1cc(I)c(=O)[nH]c1=O.O=c1[nH]cc(I)c(=O)[nH]1. The number of nitrogens with zero attached hydrogens (tertiary/aromatic N) is 2. The topological polar surface area (TPSA) is 237 Å². The minimum atomic E-state index is -1.13. The molecule has 0 radical (unpaired) electrons. The summed E-state index contributed by atoms with van der Waals surface area (Å²) in [4.78, 5) is 98.1. The van der Waals surface area contributed by atoms with Gasteiger partial charge in [-0.05, 0) is 160 Å². The molecule has 0 amide bonds. The summed E-state index contributed by atoms with van der Waals surface area (Å²) in [7, 11) is -2.77. The fraction of sp³-hybridized carbons (Fsp3) is 0.435. The summed E-state index contributed by atoms with van der Waals surface area (Å²) < 4.78 is 19.0. The molecule has 0 atom stereocenters. The summed E-state index contributed by atoms with van der Waals surface area (Å²) >= 11 is 21.9. The molecule has 3 aromatic heterocycles. The number of ether oxygens (including phenoxy) is 3. The molecule has 0 aliphatic heterocycles. The number of nitrogens with one attached hydrogen (secondary N) is 4. The van der Waals surface area contributed by atoms with E-state index in [9.17, 15) is 38.4 Å². The number of benzene rings is 2. The Balaban J connectivity index is 0.000000866. The molecule has 0 saturated carbocycles. The maximum absolute atomic E-state index is 12.0. The normalized spacial score (nSPS) is 10.8. The van der Waals surface area contributed by atoms with Gasteiger partial charge in [-0.1, -0.05) is 82.1 Å². The zero-order valence-corrected chi connectivity index (χ0v) is 54.1. The molecule has 4 N–H and O–H groups in total. The first-order valence-corrected chi connectivity index (χ1v) is 37.8. The summed E-state index contributed by atoms with van der Waals surface area (Å²) in [5, 5.41) is 0.633. The molecular formula is C46H66Cl3I3N6O11Si3. The highest BCUT2D eigenvalue weighted by Crippen LogP contribution is 2.12. The standard InChI is InChI=1S/C11H6ClIN2O3.C10H17IN2O3Si.C7H4Cl2O.2C7H18OSi.C4H3IN2O2/c12-7-3-1-6(2-4-7)10(17)15-5-8(13)9(16)14-11(15)18;1-17(2,3)5-4-16-7-13-9(14)8(11)6-12-10(13)15;8-6-3-1-5(2-4-6)7(9)10;2*1-5-8-6-7-9(2,3)4;5-2-1-6-4(9)7-3(2)8/h1-5H,(H,14,16,18);6H,4-5,7H2,1-3H3,(H,12,15);1-4H;2*5-7H2,1-4H3;1H,(H2,6,7,8,9). The van der Waals surface area contributed by atoms with E-state index in [-0.39, 0.29) is 21.4 Å². The third-order valence-corrected chi connectivity index (χ3v) is 16.9. The van der Waals surface area contributed by atoms with Crippen molar-refractivity contribution >= 4 is 138 Å². The molecule has 0 bridgehead atoms. The summed E-state index contributed by atoms with van der Waals surface area (Å²) in [6.07, 6.45) is 3.98. The van der Waals surface area contributed by atoms with Gasteiger partial charge in [0, 0.05) is 97.0 Å². The maximum atomic E-state index is 12.0. The van der Waals surface area contributed by atoms with Crippen molar-refractivity contribution in [1.82, 2.24) is 29.1 Å². The first-order chi connectivity index (χ1) is 33.3. The molecule has 400 valence electrons. The molecule has 0 unspecified atom stereocenters. The number of hydrogen-bond acceptors (Lipinski definition) is 11. The second-order valence-electron chi connectivity index (χ2n) is 18.7. The zero-order valence-electron chi connectivity index (χ0n) is 42.4. The Morgan fingerprint density at radius 1 is 0.569 bits per heavy atom. The van der Waals surface area contributed by atoms with Crippen molar-refractivity contribution in [3.8, 4) is 0 Å². The van der Waals surface area contributed by atoms with Crippen LogP contribution in [0.5, 0.6) is 0 Å². The Bertz CT molecular complexity index is 2770. The van der Waals surface area contributed by atoms with E-state index in [0.29, 0.717) is 34.9 Å². The first kappa shape index (κ1) is 69.4. The van der Waals surface area contributed by atoms with Crippen molar-refractivity contribution in [3.63, 3.8) is 0 Å². The van der Waals surface area contributed by atoms with Gasteiger partial charge in [0.1, 0.15) is 6.73 Å². The van der Waals surface area contributed by atoms with Crippen LogP contribution in [0.4, 0.5) is 0 Å². The van der Waals surface area contributed by atoms with Gasteiger partial charge in [-0.3, -0.25) is 33.9 Å². The molecule has 26 heteroatoms. The molecule has 5 rings (SSSR count). The fourth-order valence-corrected chi connectivity index (χ4v) is 8.29. The molecule has 0 aliphatic rings. The van der Waals surface area contributed by atoms with Gasteiger partial charge in [-0.15, -0.1) is 0 Å². The molecule has 0 aliphatic carbocycles. The van der Waals surface area contributed by atoms with Crippen LogP contribution >= 0.6 is 103 Å². The van der Waals surface area contributed by atoms with E-state index in [4.69, 9.17) is 49.0 Å². The van der Waals surface area contributed by atoms with Crippen LogP contribution in [0.2, 0.25) is 87.1 Å². The molecule has 0 fully saturated rings. The molecule has 17 nitrogen and oxygen atoms in total. The van der Waals surface area contributed by atoms with Crippen LogP contribution in [-0.2, 0) is 20.9 Å². The fourth-order valence-electron chi connectivity index (χ4n) is 4.49. The lowest BCUT2D eigenvalue weighted by atomic mass is 10.2. The third-order valence-electron chi connectivity index (χ3n) is 8.69. The van der Waals surface area contributed by atoms with Crippen molar-refractivity contribution in [2.75, 3.05) is 33.0 Å². The number of hydrogen-bond donors (Lipinski definition) is 4. The lowest BCUT2D eigenvalue weighted by Gasteiger charge is -2.15. The van der Waals surface area contributed by atoms with E-state index in [1.807, 2.05) is 59.0 Å². The number of H-pyrrole nitrogens is 4. The van der Waals surface area contributed by atoms with Gasteiger partial charge in [0.05, 0.1) is 10.7 Å². The molecule has 0 spiro atoms. The van der Waals surface area contributed by atoms with Gasteiger partial charge in [0.15, 0.2) is 0 Å². The van der Waals surface area contributed by atoms with Gasteiger partial charge < -0.3 is 24.2 Å². The van der Waals surface area contributed by atoms with E-state index in [1.165, 1.54) is 42.8 Å². The molecule has 5 aromatic rings. The molecule has 72 heavy (non-hydrogen) atoms. The van der Waals surface area contributed by atoms with E-state index in [2.05, 4.69) is 78.9 Å². The third kappa shape index (κ3) is 32.7. The first-order valence-electron chi connectivity index (χ1n) is 22.3. The minimum Gasteiger partial charge on any atom is -0.382 e. The zero-order chi connectivity index (χ0) is 55.4. The van der Waals surface area contributed by atoms with E-state index >= 15 is 0 Å². The van der Waals surface area contributed by atoms with E-state index in [1.54, 1.807) is 59.0 Å². The number of carbonyl (C=O) groups is 2. The highest BCUT2D eigenvalue weighted by molar-refractivity contribution is 14.1. The number of rotatable bonds is 15. The van der Waals surface area contributed by atoms with E-state index in [0.717, 1.165) is 41.6 Å². The largest absolute Gasteiger partial charge is 0.382 e. The maximum Gasteiger partial charge on any atom is 0.335 e. The summed E-state index contributed by atoms with van der Waals surface area (Å²) in [6.45, 7) is 29.3. The van der Waals surface area contributed by atoms with Gasteiger partial charge in [0.2, 0.25) is 0 Å². The van der Waals surface area contributed by atoms with Crippen LogP contribution < -0.4 is 33.7 Å². The van der Waals surface area contributed by atoms with Crippen LogP contribution in [0.25, 0.3) is 0 Å². The highest BCUT2D eigenvalue weighted by atomic mass is 127. The Labute approximate surface area is 478 Å². The van der Waals surface area contributed by atoms with Gasteiger partial charge in [-0.2, -0.15) is 0 Å². The van der Waals surface area contributed by atoms with E-state index < -0.39 is 58.0 Å². The molecule has 2 aromatic carbocycles. The number of halogens is 6. The minimum absolute atomic E-state index is 0.0233. The lowest BCUT2D eigenvalue weighted by molar-refractivity contribution is 0.0813. The Morgan fingerprint density at radius 2 is 0.986 bits per heavy atom. The second kappa shape index (κ2) is 35.6. The van der Waals surface area contributed by atoms with Gasteiger partial charge in [0.25, 0.3) is 27.8 Å². The van der Waals surface area contributed by atoms with Crippen molar-refractivity contribution in [1.29, 1.82) is 0 Å². The predicted octanol–water partition coefficient (Wildman–Crippen LogP) is 10.0. The Kier molecular flexibility index (Phi) is 34.3. The Hall–Kier alpha value is -2.59. The molecule has 3 heterocycles. The van der Waals surface area contributed by atoms with Crippen LogP contribution in [0.15, 0.2) is 95.9 Å². The van der Waals surface area contributed by atoms with Crippen LogP contribution in [0.1, 0.15) is 34.6 Å². The van der Waals surface area contributed by atoms with Crippen molar-refractivity contribution in [3.05, 3.63) is 162 Å². The van der Waals surface area contributed by atoms with Crippen molar-refractivity contribution in [2.24, 2.45) is 0 Å².